The number of thiazole rings is 1. The van der Waals surface area contributed by atoms with Crippen LogP contribution in [0, 0.1) is 0 Å². The average Bonchev–Trinajstić information content (AvgIpc) is 2.94. The fraction of sp³-hybridized carbons (Fsp3) is 0.333. The Morgan fingerprint density at radius 3 is 3.00 bits per heavy atom. The van der Waals surface area contributed by atoms with Gasteiger partial charge >= 0.3 is 5.97 Å². The smallest absolute Gasteiger partial charge is 0.311 e. The van der Waals surface area contributed by atoms with E-state index in [1.807, 2.05) is 23.6 Å². The molecular formula is C15H18N2O3S. The number of methoxy groups -OCH3 is 2. The van der Waals surface area contributed by atoms with Crippen LogP contribution in [0.5, 0.6) is 5.75 Å². The van der Waals surface area contributed by atoms with Gasteiger partial charge < -0.3 is 14.8 Å². The molecule has 0 fully saturated rings. The summed E-state index contributed by atoms with van der Waals surface area (Å²) < 4.78 is 9.81. The molecule has 0 aliphatic rings. The maximum atomic E-state index is 11.2. The summed E-state index contributed by atoms with van der Waals surface area (Å²) in [6.07, 6.45) is 1.09. The summed E-state index contributed by atoms with van der Waals surface area (Å²) >= 11 is 1.49. The van der Waals surface area contributed by atoms with Crippen molar-refractivity contribution in [3.05, 3.63) is 40.9 Å². The SMILES string of the molecule is COC(=O)Cc1csc(NCCc2cccc(OC)c2)n1. The molecule has 112 valence electrons. The molecule has 0 aliphatic carbocycles. The minimum atomic E-state index is -0.275. The van der Waals surface area contributed by atoms with Crippen LogP contribution in [0.15, 0.2) is 29.6 Å². The first-order valence-electron chi connectivity index (χ1n) is 6.59. The largest absolute Gasteiger partial charge is 0.497 e. The van der Waals surface area contributed by atoms with Crippen LogP contribution in [-0.2, 0) is 22.4 Å². The van der Waals surface area contributed by atoms with Gasteiger partial charge in [0.05, 0.1) is 26.3 Å². The standard InChI is InChI=1S/C15H18N2O3S/c1-19-13-5-3-4-11(8-13)6-7-16-15-17-12(10-21-15)9-14(18)20-2/h3-5,8,10H,6-7,9H2,1-2H3,(H,16,17). The molecule has 2 rings (SSSR count). The van der Waals surface area contributed by atoms with E-state index in [9.17, 15) is 4.79 Å². The maximum Gasteiger partial charge on any atom is 0.311 e. The van der Waals surface area contributed by atoms with Crippen LogP contribution in [0.2, 0.25) is 0 Å². The van der Waals surface area contributed by atoms with Crippen LogP contribution in [0.4, 0.5) is 5.13 Å². The Bertz CT molecular complexity index is 598. The van der Waals surface area contributed by atoms with Crippen LogP contribution in [0.3, 0.4) is 0 Å². The Balaban J connectivity index is 1.81. The second-order valence-corrected chi connectivity index (χ2v) is 5.28. The number of rotatable bonds is 7. The third-order valence-electron chi connectivity index (χ3n) is 2.93. The molecule has 2 aromatic rings. The van der Waals surface area contributed by atoms with Gasteiger partial charge in [0.1, 0.15) is 5.75 Å². The molecule has 0 amide bonds. The van der Waals surface area contributed by atoms with Crippen molar-refractivity contribution in [1.82, 2.24) is 4.98 Å². The lowest BCUT2D eigenvalue weighted by atomic mass is 10.1. The van der Waals surface area contributed by atoms with Crippen molar-refractivity contribution in [1.29, 1.82) is 0 Å². The lowest BCUT2D eigenvalue weighted by Crippen LogP contribution is -2.06. The van der Waals surface area contributed by atoms with E-state index in [0.717, 1.165) is 29.5 Å². The summed E-state index contributed by atoms with van der Waals surface area (Å²) in [5.74, 6) is 0.588. The summed E-state index contributed by atoms with van der Waals surface area (Å²) in [6, 6.07) is 7.99. The van der Waals surface area contributed by atoms with Crippen molar-refractivity contribution in [2.24, 2.45) is 0 Å². The molecule has 1 aromatic carbocycles. The molecular weight excluding hydrogens is 288 g/mol. The van der Waals surface area contributed by atoms with Crippen molar-refractivity contribution in [2.75, 3.05) is 26.1 Å². The van der Waals surface area contributed by atoms with E-state index in [4.69, 9.17) is 4.74 Å². The number of aromatic nitrogens is 1. The molecule has 1 heterocycles. The zero-order chi connectivity index (χ0) is 15.1. The molecule has 0 spiro atoms. The Hall–Kier alpha value is -2.08. The molecule has 1 aromatic heterocycles. The van der Waals surface area contributed by atoms with Crippen LogP contribution in [-0.4, -0.2) is 31.7 Å². The Morgan fingerprint density at radius 2 is 2.24 bits per heavy atom. The summed E-state index contributed by atoms with van der Waals surface area (Å²) in [5.41, 5.74) is 1.93. The van der Waals surface area contributed by atoms with Gasteiger partial charge in [-0.05, 0) is 24.1 Å². The van der Waals surface area contributed by atoms with Crippen LogP contribution in [0.1, 0.15) is 11.3 Å². The van der Waals surface area contributed by atoms with Crippen molar-refractivity contribution >= 4 is 22.4 Å². The lowest BCUT2D eigenvalue weighted by Gasteiger charge is -2.05. The van der Waals surface area contributed by atoms with Crippen molar-refractivity contribution < 1.29 is 14.3 Å². The summed E-state index contributed by atoms with van der Waals surface area (Å²) in [6.45, 7) is 0.776. The number of carbonyl (C=O) groups excluding carboxylic acids is 1. The number of esters is 1. The molecule has 0 bridgehead atoms. The fourth-order valence-electron chi connectivity index (χ4n) is 1.83. The normalized spacial score (nSPS) is 10.2. The van der Waals surface area contributed by atoms with Gasteiger partial charge in [-0.1, -0.05) is 12.1 Å². The number of hydrogen-bond acceptors (Lipinski definition) is 6. The summed E-state index contributed by atoms with van der Waals surface area (Å²) in [5, 5.41) is 5.94. The fourth-order valence-corrected chi connectivity index (χ4v) is 2.57. The van der Waals surface area contributed by atoms with E-state index in [1.165, 1.54) is 24.0 Å². The topological polar surface area (TPSA) is 60.5 Å². The molecule has 21 heavy (non-hydrogen) atoms. The monoisotopic (exact) mass is 306 g/mol. The molecule has 1 N–H and O–H groups in total. The zero-order valence-electron chi connectivity index (χ0n) is 12.1. The van der Waals surface area contributed by atoms with Gasteiger partial charge in [-0.2, -0.15) is 0 Å². The van der Waals surface area contributed by atoms with E-state index >= 15 is 0 Å². The molecule has 5 nitrogen and oxygen atoms in total. The predicted octanol–water partition coefficient (Wildman–Crippen LogP) is 2.52. The first-order chi connectivity index (χ1) is 10.2. The molecule has 0 saturated heterocycles. The number of anilines is 1. The molecule has 6 heteroatoms. The molecule has 0 radical (unpaired) electrons. The van der Waals surface area contributed by atoms with Crippen molar-refractivity contribution in [3.8, 4) is 5.75 Å². The second-order valence-electron chi connectivity index (χ2n) is 4.43. The minimum Gasteiger partial charge on any atom is -0.497 e. The van der Waals surface area contributed by atoms with Gasteiger partial charge in [-0.25, -0.2) is 4.98 Å². The summed E-state index contributed by atoms with van der Waals surface area (Å²) in [7, 11) is 3.04. The minimum absolute atomic E-state index is 0.213. The molecule has 0 unspecified atom stereocenters. The Labute approximate surface area is 127 Å². The lowest BCUT2D eigenvalue weighted by molar-refractivity contribution is -0.139. The number of nitrogens with one attached hydrogen (secondary N) is 1. The van der Waals surface area contributed by atoms with E-state index in [2.05, 4.69) is 21.1 Å². The average molecular weight is 306 g/mol. The summed E-state index contributed by atoms with van der Waals surface area (Å²) in [4.78, 5) is 15.5. The highest BCUT2D eigenvalue weighted by atomic mass is 32.1. The Morgan fingerprint density at radius 1 is 1.38 bits per heavy atom. The third kappa shape index (κ3) is 4.75. The van der Waals surface area contributed by atoms with E-state index in [-0.39, 0.29) is 12.4 Å². The van der Waals surface area contributed by atoms with E-state index in [1.54, 1.807) is 7.11 Å². The third-order valence-corrected chi connectivity index (χ3v) is 3.78. The van der Waals surface area contributed by atoms with Gasteiger partial charge in [-0.15, -0.1) is 11.3 Å². The zero-order valence-corrected chi connectivity index (χ0v) is 12.9. The van der Waals surface area contributed by atoms with Gasteiger partial charge in [-0.3, -0.25) is 4.79 Å². The molecule has 0 aliphatic heterocycles. The second kappa shape index (κ2) is 7.64. The van der Waals surface area contributed by atoms with Crippen LogP contribution in [0.25, 0.3) is 0 Å². The van der Waals surface area contributed by atoms with Crippen LogP contribution < -0.4 is 10.1 Å². The van der Waals surface area contributed by atoms with E-state index in [0.29, 0.717) is 0 Å². The highest BCUT2D eigenvalue weighted by Gasteiger charge is 2.07. The quantitative estimate of drug-likeness (QED) is 0.797. The van der Waals surface area contributed by atoms with Gasteiger partial charge in [0, 0.05) is 11.9 Å². The first-order valence-corrected chi connectivity index (χ1v) is 7.47. The number of ether oxygens (including phenoxy) is 2. The van der Waals surface area contributed by atoms with Crippen molar-refractivity contribution in [3.63, 3.8) is 0 Å². The van der Waals surface area contributed by atoms with Gasteiger partial charge in [0.15, 0.2) is 5.13 Å². The van der Waals surface area contributed by atoms with Gasteiger partial charge in [0.25, 0.3) is 0 Å². The maximum absolute atomic E-state index is 11.2. The number of hydrogen-bond donors (Lipinski definition) is 1. The predicted molar refractivity (Wildman–Crippen MR) is 83.0 cm³/mol. The highest BCUT2D eigenvalue weighted by Crippen LogP contribution is 2.17. The first kappa shape index (κ1) is 15.3. The molecule has 0 atom stereocenters. The Kier molecular flexibility index (Phi) is 5.57. The number of carbonyl (C=O) groups is 1. The van der Waals surface area contributed by atoms with Crippen molar-refractivity contribution in [2.45, 2.75) is 12.8 Å². The van der Waals surface area contributed by atoms with E-state index < -0.39 is 0 Å². The van der Waals surface area contributed by atoms with Gasteiger partial charge in [0.2, 0.25) is 0 Å². The van der Waals surface area contributed by atoms with Crippen LogP contribution >= 0.6 is 11.3 Å². The number of nitrogens with zero attached hydrogens (tertiary/aromatic N) is 1. The molecule has 0 saturated carbocycles. The highest BCUT2D eigenvalue weighted by molar-refractivity contribution is 7.13. The number of benzene rings is 1.